The molecule has 3 nitrogen and oxygen atoms in total. The Balaban J connectivity index is 2.48. The number of hydrogen-bond donors (Lipinski definition) is 1. The molecule has 0 amide bonds. The molecule has 0 bridgehead atoms. The lowest BCUT2D eigenvalue weighted by Gasteiger charge is -2.21. The number of nitrogens with zero attached hydrogens (tertiary/aromatic N) is 2. The van der Waals surface area contributed by atoms with Gasteiger partial charge in [-0.15, -0.1) is 11.3 Å². The van der Waals surface area contributed by atoms with Crippen LogP contribution >= 0.6 is 11.3 Å². The van der Waals surface area contributed by atoms with Crippen LogP contribution < -0.4 is 4.80 Å². The summed E-state index contributed by atoms with van der Waals surface area (Å²) >= 11 is 1.67. The molecule has 1 N–H and O–H groups in total. The van der Waals surface area contributed by atoms with E-state index in [0.29, 0.717) is 6.54 Å². The standard InChI is InChI=1S/C18H26N2OS/c1-5-15(14-9-7-6-8-10-14)19-17-20(11-12-21)16(13-22-17)18(2,3)4/h6-10,13,15,21H,5,11-12H2,1-4H3. The van der Waals surface area contributed by atoms with Crippen molar-refractivity contribution in [3.05, 3.63) is 51.8 Å². The van der Waals surface area contributed by atoms with Crippen molar-refractivity contribution in [2.75, 3.05) is 6.61 Å². The molecule has 1 aromatic carbocycles. The predicted octanol–water partition coefficient (Wildman–Crippen LogP) is 3.89. The van der Waals surface area contributed by atoms with E-state index >= 15 is 0 Å². The number of aliphatic hydroxyl groups is 1. The van der Waals surface area contributed by atoms with E-state index in [1.807, 2.05) is 6.07 Å². The largest absolute Gasteiger partial charge is 0.395 e. The molecule has 1 aromatic heterocycles. The molecule has 1 unspecified atom stereocenters. The monoisotopic (exact) mass is 318 g/mol. The number of rotatable bonds is 5. The van der Waals surface area contributed by atoms with Crippen LogP contribution in [0.4, 0.5) is 0 Å². The van der Waals surface area contributed by atoms with E-state index in [4.69, 9.17) is 4.99 Å². The summed E-state index contributed by atoms with van der Waals surface area (Å²) in [6.07, 6.45) is 0.964. The summed E-state index contributed by atoms with van der Waals surface area (Å²) in [7, 11) is 0. The molecule has 0 aliphatic carbocycles. The second-order valence-corrected chi connectivity index (χ2v) is 7.33. The van der Waals surface area contributed by atoms with E-state index in [1.54, 1.807) is 11.3 Å². The van der Waals surface area contributed by atoms with Crippen LogP contribution in [-0.2, 0) is 12.0 Å². The smallest absolute Gasteiger partial charge is 0.185 e. The van der Waals surface area contributed by atoms with Gasteiger partial charge in [-0.3, -0.25) is 4.99 Å². The first kappa shape index (κ1) is 17.0. The molecule has 2 rings (SSSR count). The van der Waals surface area contributed by atoms with E-state index in [9.17, 15) is 5.11 Å². The Bertz CT molecular complexity index is 650. The fourth-order valence-electron chi connectivity index (χ4n) is 2.55. The van der Waals surface area contributed by atoms with Gasteiger partial charge < -0.3 is 9.67 Å². The summed E-state index contributed by atoms with van der Waals surface area (Å²) in [5, 5.41) is 11.6. The Labute approximate surface area is 137 Å². The molecule has 0 fully saturated rings. The number of aromatic nitrogens is 1. The molecule has 4 heteroatoms. The fraction of sp³-hybridized carbons (Fsp3) is 0.500. The summed E-state index contributed by atoms with van der Waals surface area (Å²) in [4.78, 5) is 5.97. The maximum absolute atomic E-state index is 9.40. The molecular formula is C18H26N2OS. The summed E-state index contributed by atoms with van der Waals surface area (Å²) in [6.45, 7) is 9.48. The average Bonchev–Trinajstić information content (AvgIpc) is 2.89. The topological polar surface area (TPSA) is 37.5 Å². The Kier molecular flexibility index (Phi) is 5.59. The first-order chi connectivity index (χ1) is 10.5. The normalized spacial score (nSPS) is 14.3. The number of hydrogen-bond acceptors (Lipinski definition) is 3. The van der Waals surface area contributed by atoms with Crippen LogP contribution in [0.2, 0.25) is 0 Å². The van der Waals surface area contributed by atoms with Crippen molar-refractivity contribution in [2.24, 2.45) is 4.99 Å². The highest BCUT2D eigenvalue weighted by molar-refractivity contribution is 7.07. The van der Waals surface area contributed by atoms with Gasteiger partial charge in [0.25, 0.3) is 0 Å². The third kappa shape index (κ3) is 3.87. The lowest BCUT2D eigenvalue weighted by atomic mass is 9.93. The van der Waals surface area contributed by atoms with Crippen LogP contribution in [-0.4, -0.2) is 16.3 Å². The van der Waals surface area contributed by atoms with E-state index in [0.717, 1.165) is 11.2 Å². The van der Waals surface area contributed by atoms with Gasteiger partial charge in [-0.1, -0.05) is 58.0 Å². The van der Waals surface area contributed by atoms with Gasteiger partial charge in [0.2, 0.25) is 0 Å². The molecule has 0 saturated carbocycles. The Morgan fingerprint density at radius 3 is 2.45 bits per heavy atom. The quantitative estimate of drug-likeness (QED) is 0.892. The van der Waals surface area contributed by atoms with Gasteiger partial charge in [0.05, 0.1) is 12.6 Å². The van der Waals surface area contributed by atoms with E-state index < -0.39 is 0 Å². The highest BCUT2D eigenvalue weighted by Gasteiger charge is 2.20. The van der Waals surface area contributed by atoms with Crippen molar-refractivity contribution in [1.82, 2.24) is 4.57 Å². The van der Waals surface area contributed by atoms with Crippen LogP contribution in [0.25, 0.3) is 0 Å². The maximum atomic E-state index is 9.40. The SMILES string of the molecule is CCC(N=c1scc(C(C)(C)C)n1CCO)c1ccccc1. The van der Waals surface area contributed by atoms with Crippen molar-refractivity contribution >= 4 is 11.3 Å². The second-order valence-electron chi connectivity index (χ2n) is 6.49. The molecule has 0 saturated heterocycles. The van der Waals surface area contributed by atoms with Crippen LogP contribution in [0.3, 0.4) is 0 Å². The van der Waals surface area contributed by atoms with Gasteiger partial charge in [0, 0.05) is 23.0 Å². The van der Waals surface area contributed by atoms with Gasteiger partial charge in [-0.2, -0.15) is 0 Å². The molecule has 0 aliphatic rings. The Morgan fingerprint density at radius 2 is 1.91 bits per heavy atom. The van der Waals surface area contributed by atoms with Gasteiger partial charge >= 0.3 is 0 Å². The fourth-order valence-corrected chi connectivity index (χ4v) is 3.75. The molecule has 1 atom stereocenters. The Morgan fingerprint density at radius 1 is 1.23 bits per heavy atom. The highest BCUT2D eigenvalue weighted by atomic mass is 32.1. The van der Waals surface area contributed by atoms with Crippen molar-refractivity contribution < 1.29 is 5.11 Å². The minimum absolute atomic E-state index is 0.0495. The van der Waals surface area contributed by atoms with Crippen LogP contribution in [0.15, 0.2) is 40.7 Å². The minimum atomic E-state index is 0.0495. The van der Waals surface area contributed by atoms with Gasteiger partial charge in [0.1, 0.15) is 0 Å². The average molecular weight is 318 g/mol. The summed E-state index contributed by atoms with van der Waals surface area (Å²) in [5.74, 6) is 0. The summed E-state index contributed by atoms with van der Waals surface area (Å²) in [5.41, 5.74) is 2.52. The van der Waals surface area contributed by atoms with Crippen molar-refractivity contribution in [2.45, 2.75) is 52.1 Å². The van der Waals surface area contributed by atoms with Crippen molar-refractivity contribution in [1.29, 1.82) is 0 Å². The first-order valence-corrected chi connectivity index (χ1v) is 8.73. The zero-order valence-electron chi connectivity index (χ0n) is 13.9. The van der Waals surface area contributed by atoms with Crippen LogP contribution in [0.1, 0.15) is 51.4 Å². The predicted molar refractivity (Wildman–Crippen MR) is 93.1 cm³/mol. The summed E-state index contributed by atoms with van der Waals surface area (Å²) < 4.78 is 2.16. The highest BCUT2D eigenvalue weighted by Crippen LogP contribution is 2.24. The van der Waals surface area contributed by atoms with Crippen molar-refractivity contribution in [3.63, 3.8) is 0 Å². The second kappa shape index (κ2) is 7.25. The molecule has 2 aromatic rings. The maximum Gasteiger partial charge on any atom is 0.185 e. The van der Waals surface area contributed by atoms with E-state index in [1.165, 1.54) is 11.3 Å². The van der Waals surface area contributed by atoms with Crippen LogP contribution in [0, 0.1) is 0 Å². The first-order valence-electron chi connectivity index (χ1n) is 7.85. The minimum Gasteiger partial charge on any atom is -0.395 e. The Hall–Kier alpha value is -1.39. The lowest BCUT2D eigenvalue weighted by Crippen LogP contribution is -2.26. The van der Waals surface area contributed by atoms with Gasteiger partial charge in [-0.05, 0) is 12.0 Å². The number of thiazole rings is 1. The summed E-state index contributed by atoms with van der Waals surface area (Å²) in [6, 6.07) is 10.6. The molecule has 1 heterocycles. The number of benzene rings is 1. The molecular weight excluding hydrogens is 292 g/mol. The molecule has 0 spiro atoms. The molecule has 0 aliphatic heterocycles. The molecule has 22 heavy (non-hydrogen) atoms. The lowest BCUT2D eigenvalue weighted by molar-refractivity contribution is 0.269. The van der Waals surface area contributed by atoms with Gasteiger partial charge in [0.15, 0.2) is 4.80 Å². The van der Waals surface area contributed by atoms with Crippen molar-refractivity contribution in [3.8, 4) is 0 Å². The zero-order chi connectivity index (χ0) is 16.2. The third-order valence-corrected chi connectivity index (χ3v) is 4.60. The van der Waals surface area contributed by atoms with Crippen LogP contribution in [0.5, 0.6) is 0 Å². The van der Waals surface area contributed by atoms with E-state index in [-0.39, 0.29) is 18.1 Å². The zero-order valence-corrected chi connectivity index (χ0v) is 14.7. The number of aliphatic hydroxyl groups excluding tert-OH is 1. The third-order valence-electron chi connectivity index (χ3n) is 3.73. The van der Waals surface area contributed by atoms with E-state index in [2.05, 4.69) is 61.9 Å². The molecule has 0 radical (unpaired) electrons. The van der Waals surface area contributed by atoms with Gasteiger partial charge in [-0.25, -0.2) is 0 Å². The molecule has 120 valence electrons.